The number of furan rings is 1. The zero-order chi connectivity index (χ0) is 24.5. The van der Waals surface area contributed by atoms with Crippen LogP contribution in [0.2, 0.25) is 0 Å². The van der Waals surface area contributed by atoms with Crippen molar-refractivity contribution < 1.29 is 23.8 Å². The normalized spacial score (nSPS) is 17.1. The van der Waals surface area contributed by atoms with Crippen molar-refractivity contribution in [1.82, 2.24) is 0 Å². The third-order valence-corrected chi connectivity index (χ3v) is 6.13. The molecular weight excluding hydrogens is 442 g/mol. The van der Waals surface area contributed by atoms with Crippen LogP contribution >= 0.6 is 0 Å². The molecule has 1 saturated heterocycles. The van der Waals surface area contributed by atoms with Crippen molar-refractivity contribution in [3.05, 3.63) is 119 Å². The lowest BCUT2D eigenvalue weighted by molar-refractivity contribution is -0.132. The number of amides is 1. The van der Waals surface area contributed by atoms with E-state index in [1.54, 1.807) is 48.5 Å². The fourth-order valence-corrected chi connectivity index (χ4v) is 4.16. The first-order valence-electron chi connectivity index (χ1n) is 11.2. The van der Waals surface area contributed by atoms with Gasteiger partial charge in [0.15, 0.2) is 0 Å². The second kappa shape index (κ2) is 8.99. The van der Waals surface area contributed by atoms with E-state index in [1.165, 1.54) is 11.2 Å². The molecule has 0 radical (unpaired) electrons. The predicted octanol–water partition coefficient (Wildman–Crippen LogP) is 6.32. The van der Waals surface area contributed by atoms with Gasteiger partial charge in [-0.15, -0.1) is 0 Å². The number of para-hydroxylation sites is 1. The number of Topliss-reactive ketones (excluding diaryl/α,β-unsaturated/α-hetero) is 1. The lowest BCUT2D eigenvalue weighted by atomic mass is 9.97. The molecule has 1 aliphatic heterocycles. The molecule has 1 N–H and O–H groups in total. The highest BCUT2D eigenvalue weighted by molar-refractivity contribution is 6.51. The lowest BCUT2D eigenvalue weighted by Gasteiger charge is -2.23. The minimum Gasteiger partial charge on any atom is -0.507 e. The number of rotatable bonds is 5. The van der Waals surface area contributed by atoms with Gasteiger partial charge in [-0.1, -0.05) is 30.3 Å². The molecule has 0 aliphatic carbocycles. The van der Waals surface area contributed by atoms with Gasteiger partial charge in [0, 0.05) is 11.3 Å². The number of aliphatic hydroxyl groups excluding tert-OH is 1. The van der Waals surface area contributed by atoms with E-state index < -0.39 is 17.7 Å². The Balaban J connectivity index is 1.56. The van der Waals surface area contributed by atoms with Gasteiger partial charge in [0.2, 0.25) is 0 Å². The molecule has 174 valence electrons. The van der Waals surface area contributed by atoms with Crippen LogP contribution in [0.4, 0.5) is 5.69 Å². The molecular formula is C29H23NO5. The largest absolute Gasteiger partial charge is 0.507 e. The molecule has 1 amide bonds. The highest BCUT2D eigenvalue weighted by atomic mass is 16.5. The molecule has 6 nitrogen and oxygen atoms in total. The Labute approximate surface area is 202 Å². The quantitative estimate of drug-likeness (QED) is 0.212. The van der Waals surface area contributed by atoms with Crippen LogP contribution < -0.4 is 9.64 Å². The van der Waals surface area contributed by atoms with E-state index >= 15 is 0 Å². The summed E-state index contributed by atoms with van der Waals surface area (Å²) >= 11 is 0. The van der Waals surface area contributed by atoms with Crippen molar-refractivity contribution in [1.29, 1.82) is 0 Å². The molecule has 1 aromatic heterocycles. The van der Waals surface area contributed by atoms with Crippen molar-refractivity contribution in [3.8, 4) is 11.5 Å². The lowest BCUT2D eigenvalue weighted by Crippen LogP contribution is -2.29. The van der Waals surface area contributed by atoms with E-state index in [4.69, 9.17) is 9.15 Å². The van der Waals surface area contributed by atoms with E-state index in [1.807, 2.05) is 50.2 Å². The van der Waals surface area contributed by atoms with Crippen molar-refractivity contribution in [3.63, 3.8) is 0 Å². The average molecular weight is 466 g/mol. The number of hydrogen-bond acceptors (Lipinski definition) is 5. The van der Waals surface area contributed by atoms with Gasteiger partial charge >= 0.3 is 0 Å². The highest BCUT2D eigenvalue weighted by Crippen LogP contribution is 2.42. The number of nitrogens with zero attached hydrogens (tertiary/aromatic N) is 1. The fourth-order valence-electron chi connectivity index (χ4n) is 4.16. The summed E-state index contributed by atoms with van der Waals surface area (Å²) in [7, 11) is 0. The molecule has 1 unspecified atom stereocenters. The molecule has 35 heavy (non-hydrogen) atoms. The second-order valence-electron chi connectivity index (χ2n) is 8.39. The number of aliphatic hydroxyl groups is 1. The van der Waals surface area contributed by atoms with Crippen LogP contribution in [0.15, 0.2) is 101 Å². The monoisotopic (exact) mass is 465 g/mol. The zero-order valence-electron chi connectivity index (χ0n) is 19.3. The Kier molecular flexibility index (Phi) is 5.71. The Morgan fingerprint density at radius 3 is 2.23 bits per heavy atom. The number of ketones is 1. The Hall–Kier alpha value is -4.58. The Morgan fingerprint density at radius 2 is 1.57 bits per heavy atom. The van der Waals surface area contributed by atoms with Crippen molar-refractivity contribution in [2.75, 3.05) is 4.90 Å². The molecule has 0 spiro atoms. The minimum absolute atomic E-state index is 0.0159. The van der Waals surface area contributed by atoms with Gasteiger partial charge in [-0.05, 0) is 79.6 Å². The molecule has 6 heteroatoms. The molecule has 1 fully saturated rings. The topological polar surface area (TPSA) is 80.0 Å². The molecule has 5 rings (SSSR count). The predicted molar refractivity (Wildman–Crippen MR) is 132 cm³/mol. The number of carbonyl (C=O) groups excluding carboxylic acids is 2. The van der Waals surface area contributed by atoms with Gasteiger partial charge in [-0.25, -0.2) is 0 Å². The van der Waals surface area contributed by atoms with Crippen LogP contribution in [0, 0.1) is 13.8 Å². The van der Waals surface area contributed by atoms with Crippen LogP contribution in [0.1, 0.15) is 28.5 Å². The van der Waals surface area contributed by atoms with Gasteiger partial charge in [0.25, 0.3) is 11.7 Å². The van der Waals surface area contributed by atoms with E-state index in [0.29, 0.717) is 28.5 Å². The summed E-state index contributed by atoms with van der Waals surface area (Å²) in [5.74, 6) is -0.107. The first kappa shape index (κ1) is 22.2. The number of carbonyl (C=O) groups is 2. The number of ether oxygens (including phenoxy) is 1. The number of aryl methyl sites for hydroxylation is 2. The van der Waals surface area contributed by atoms with Crippen molar-refractivity contribution in [2.24, 2.45) is 0 Å². The smallest absolute Gasteiger partial charge is 0.300 e. The van der Waals surface area contributed by atoms with E-state index in [0.717, 1.165) is 11.1 Å². The maximum Gasteiger partial charge on any atom is 0.300 e. The molecule has 2 heterocycles. The third-order valence-electron chi connectivity index (χ3n) is 6.13. The standard InChI is InChI=1S/C29H23NO5/c1-18-10-11-20(17-19(18)2)27(31)25-26(24-9-6-16-34-24)30(29(33)28(25)32)21-12-14-23(15-13-21)35-22-7-4-3-5-8-22/h3-17,26,31H,1-2H3/b27-25-. The SMILES string of the molecule is Cc1ccc(/C(O)=C2/C(=O)C(=O)N(c3ccc(Oc4ccccc4)cc3)C2c2ccco2)cc1C. The summed E-state index contributed by atoms with van der Waals surface area (Å²) in [6, 6.07) is 24.1. The van der Waals surface area contributed by atoms with Crippen LogP contribution in [0.25, 0.3) is 5.76 Å². The number of benzene rings is 3. The van der Waals surface area contributed by atoms with Crippen molar-refractivity contribution >= 4 is 23.1 Å². The van der Waals surface area contributed by atoms with Gasteiger partial charge in [-0.2, -0.15) is 0 Å². The van der Waals surface area contributed by atoms with Gasteiger partial charge in [0.1, 0.15) is 29.1 Å². The van der Waals surface area contributed by atoms with Gasteiger partial charge in [-0.3, -0.25) is 14.5 Å². The molecule has 0 bridgehead atoms. The van der Waals surface area contributed by atoms with E-state index in [9.17, 15) is 14.7 Å². The number of hydrogen-bond donors (Lipinski definition) is 1. The summed E-state index contributed by atoms with van der Waals surface area (Å²) in [5, 5.41) is 11.2. The first-order valence-corrected chi connectivity index (χ1v) is 11.2. The Bertz CT molecular complexity index is 1420. The highest BCUT2D eigenvalue weighted by Gasteiger charge is 2.48. The molecule has 0 saturated carbocycles. The van der Waals surface area contributed by atoms with Crippen LogP contribution in [-0.2, 0) is 9.59 Å². The minimum atomic E-state index is -0.910. The second-order valence-corrected chi connectivity index (χ2v) is 8.39. The molecule has 1 atom stereocenters. The van der Waals surface area contributed by atoms with E-state index in [-0.39, 0.29) is 11.3 Å². The molecule has 1 aliphatic rings. The summed E-state index contributed by atoms with van der Waals surface area (Å²) in [6.45, 7) is 3.89. The first-order chi connectivity index (χ1) is 16.9. The van der Waals surface area contributed by atoms with Crippen molar-refractivity contribution in [2.45, 2.75) is 19.9 Å². The summed E-state index contributed by atoms with van der Waals surface area (Å²) in [4.78, 5) is 27.8. The Morgan fingerprint density at radius 1 is 0.857 bits per heavy atom. The summed E-state index contributed by atoms with van der Waals surface area (Å²) < 4.78 is 11.5. The average Bonchev–Trinajstić information content (AvgIpc) is 3.49. The third kappa shape index (κ3) is 4.10. The maximum absolute atomic E-state index is 13.2. The van der Waals surface area contributed by atoms with Gasteiger partial charge in [0.05, 0.1) is 11.8 Å². The maximum atomic E-state index is 13.2. The number of anilines is 1. The fraction of sp³-hybridized carbons (Fsp3) is 0.103. The van der Waals surface area contributed by atoms with Crippen LogP contribution in [-0.4, -0.2) is 16.8 Å². The molecule has 3 aromatic carbocycles. The van der Waals surface area contributed by atoms with Gasteiger partial charge < -0.3 is 14.3 Å². The van der Waals surface area contributed by atoms with E-state index in [2.05, 4.69) is 0 Å². The summed E-state index contributed by atoms with van der Waals surface area (Å²) in [5.41, 5.74) is 2.95. The molecule has 4 aromatic rings. The zero-order valence-corrected chi connectivity index (χ0v) is 19.3. The summed E-state index contributed by atoms with van der Waals surface area (Å²) in [6.07, 6.45) is 1.47. The van der Waals surface area contributed by atoms with Crippen LogP contribution in [0.3, 0.4) is 0 Å². The van der Waals surface area contributed by atoms with Crippen LogP contribution in [0.5, 0.6) is 11.5 Å².